The third-order valence-electron chi connectivity index (χ3n) is 3.78. The van der Waals surface area contributed by atoms with Crippen LogP contribution in [-0.2, 0) is 0 Å². The van der Waals surface area contributed by atoms with Gasteiger partial charge in [0.25, 0.3) is 0 Å². The molecule has 3 heteroatoms. The number of carboxylic acid groups (broad SMARTS) is 1. The Morgan fingerprint density at radius 1 is 0.741 bits per heavy atom. The molecule has 0 aliphatic rings. The van der Waals surface area contributed by atoms with E-state index in [0.29, 0.717) is 17.4 Å². The van der Waals surface area contributed by atoms with Crippen LogP contribution in [0.25, 0.3) is 0 Å². The molecule has 0 saturated heterocycles. The van der Waals surface area contributed by atoms with Gasteiger partial charge in [-0.05, 0) is 36.4 Å². The predicted octanol–water partition coefficient (Wildman–Crippen LogP) is 4.00. The maximum absolute atomic E-state index is 11.5. The molecular formula is C24H14O3. The van der Waals surface area contributed by atoms with Gasteiger partial charge in [0.15, 0.2) is 6.29 Å². The van der Waals surface area contributed by atoms with Gasteiger partial charge in [-0.15, -0.1) is 0 Å². The average Bonchev–Trinajstić information content (AvgIpc) is 2.72. The summed E-state index contributed by atoms with van der Waals surface area (Å²) in [4.78, 5) is 22.8. The first-order chi connectivity index (χ1) is 13.2. The van der Waals surface area contributed by atoms with Gasteiger partial charge in [0.1, 0.15) is 0 Å². The summed E-state index contributed by atoms with van der Waals surface area (Å²) in [5.41, 5.74) is 2.57. The second-order valence-electron chi connectivity index (χ2n) is 5.64. The van der Waals surface area contributed by atoms with Gasteiger partial charge in [0.05, 0.1) is 5.56 Å². The van der Waals surface area contributed by atoms with Crippen LogP contribution in [0.3, 0.4) is 0 Å². The van der Waals surface area contributed by atoms with Gasteiger partial charge in [0, 0.05) is 27.8 Å². The third kappa shape index (κ3) is 4.51. The van der Waals surface area contributed by atoms with Crippen LogP contribution in [0.4, 0.5) is 0 Å². The lowest BCUT2D eigenvalue weighted by atomic mass is 9.98. The highest BCUT2D eigenvalue weighted by Gasteiger charge is 2.13. The molecule has 0 amide bonds. The van der Waals surface area contributed by atoms with Crippen molar-refractivity contribution < 1.29 is 14.7 Å². The molecular weight excluding hydrogens is 336 g/mol. The fourth-order valence-electron chi connectivity index (χ4n) is 2.43. The van der Waals surface area contributed by atoms with Crippen LogP contribution >= 0.6 is 0 Å². The smallest absolute Gasteiger partial charge is 0.336 e. The average molecular weight is 350 g/mol. The van der Waals surface area contributed by atoms with E-state index in [9.17, 15) is 14.7 Å². The number of carbonyl (C=O) groups is 2. The molecule has 0 bridgehead atoms. The highest BCUT2D eigenvalue weighted by Crippen LogP contribution is 2.16. The lowest BCUT2D eigenvalue weighted by Crippen LogP contribution is -2.04. The van der Waals surface area contributed by atoms with E-state index in [1.165, 1.54) is 12.1 Å². The Hall–Kier alpha value is -4.08. The molecule has 0 heterocycles. The lowest BCUT2D eigenvalue weighted by Gasteiger charge is -2.04. The summed E-state index contributed by atoms with van der Waals surface area (Å²) in [7, 11) is 0. The van der Waals surface area contributed by atoms with Gasteiger partial charge in [-0.2, -0.15) is 0 Å². The summed E-state index contributed by atoms with van der Waals surface area (Å²) in [6.45, 7) is 0. The first-order valence-electron chi connectivity index (χ1n) is 8.18. The van der Waals surface area contributed by atoms with Gasteiger partial charge >= 0.3 is 5.97 Å². The normalized spacial score (nSPS) is 9.33. The zero-order valence-electron chi connectivity index (χ0n) is 14.3. The fourth-order valence-corrected chi connectivity index (χ4v) is 2.43. The number of hydrogen-bond donors (Lipinski definition) is 1. The van der Waals surface area contributed by atoms with Crippen LogP contribution in [0.2, 0.25) is 0 Å². The molecule has 1 N–H and O–H groups in total. The van der Waals surface area contributed by atoms with E-state index >= 15 is 0 Å². The molecule has 0 aliphatic heterocycles. The number of rotatable bonds is 2. The maximum atomic E-state index is 11.5. The second kappa shape index (κ2) is 8.34. The molecule has 3 rings (SSSR count). The molecule has 0 unspecified atom stereocenters. The van der Waals surface area contributed by atoms with Crippen molar-refractivity contribution in [1.29, 1.82) is 0 Å². The summed E-state index contributed by atoms with van der Waals surface area (Å²) < 4.78 is 0. The van der Waals surface area contributed by atoms with Crippen molar-refractivity contribution in [2.45, 2.75) is 0 Å². The first-order valence-corrected chi connectivity index (χ1v) is 8.18. The number of benzene rings is 3. The molecule has 3 aromatic rings. The van der Waals surface area contributed by atoms with E-state index in [0.717, 1.165) is 11.1 Å². The minimum Gasteiger partial charge on any atom is -0.478 e. The summed E-state index contributed by atoms with van der Waals surface area (Å²) in [6.07, 6.45) is 0.519. The van der Waals surface area contributed by atoms with E-state index in [-0.39, 0.29) is 11.1 Å². The van der Waals surface area contributed by atoms with Crippen molar-refractivity contribution in [2.24, 2.45) is 0 Å². The summed E-state index contributed by atoms with van der Waals surface area (Å²) >= 11 is 0. The number of aldehydes is 1. The molecule has 0 fully saturated rings. The van der Waals surface area contributed by atoms with E-state index in [1.807, 2.05) is 60.7 Å². The Morgan fingerprint density at radius 2 is 1.22 bits per heavy atom. The Balaban J connectivity index is 2.13. The van der Waals surface area contributed by atoms with Crippen LogP contribution in [0.15, 0.2) is 72.8 Å². The van der Waals surface area contributed by atoms with E-state index in [1.54, 1.807) is 0 Å². The Morgan fingerprint density at radius 3 is 1.67 bits per heavy atom. The van der Waals surface area contributed by atoms with Crippen LogP contribution in [0, 0.1) is 23.7 Å². The molecule has 3 aromatic carbocycles. The van der Waals surface area contributed by atoms with E-state index in [4.69, 9.17) is 0 Å². The summed E-state index contributed by atoms with van der Waals surface area (Å²) in [5, 5.41) is 9.36. The Labute approximate surface area is 157 Å². The minimum atomic E-state index is -1.18. The first kappa shape index (κ1) is 17.7. The number of carbonyl (C=O) groups excluding carboxylic acids is 1. The van der Waals surface area contributed by atoms with Crippen molar-refractivity contribution in [3.05, 3.63) is 106 Å². The van der Waals surface area contributed by atoms with Crippen molar-refractivity contribution in [3.63, 3.8) is 0 Å². The van der Waals surface area contributed by atoms with E-state index in [2.05, 4.69) is 23.7 Å². The third-order valence-corrected chi connectivity index (χ3v) is 3.78. The number of hydrogen-bond acceptors (Lipinski definition) is 2. The van der Waals surface area contributed by atoms with Crippen molar-refractivity contribution in [1.82, 2.24) is 0 Å². The SMILES string of the molecule is O=Cc1cc(C#Cc2ccccc2)c(C#Cc2ccccc2)cc1C(=O)O. The molecule has 0 spiro atoms. The molecule has 0 atom stereocenters. The number of carboxylic acids is 1. The van der Waals surface area contributed by atoms with E-state index < -0.39 is 5.97 Å². The summed E-state index contributed by atoms with van der Waals surface area (Å²) in [5.74, 6) is 10.8. The maximum Gasteiger partial charge on any atom is 0.336 e. The fraction of sp³-hybridized carbons (Fsp3) is 0. The van der Waals surface area contributed by atoms with Crippen molar-refractivity contribution in [3.8, 4) is 23.7 Å². The topological polar surface area (TPSA) is 54.4 Å². The zero-order chi connectivity index (χ0) is 19.1. The minimum absolute atomic E-state index is 0.0742. The van der Waals surface area contributed by atoms with Gasteiger partial charge < -0.3 is 5.11 Å². The van der Waals surface area contributed by atoms with Crippen LogP contribution in [0.5, 0.6) is 0 Å². The van der Waals surface area contributed by atoms with Gasteiger partial charge in [0.2, 0.25) is 0 Å². The highest BCUT2D eigenvalue weighted by molar-refractivity contribution is 5.98. The second-order valence-corrected chi connectivity index (χ2v) is 5.64. The largest absolute Gasteiger partial charge is 0.478 e. The van der Waals surface area contributed by atoms with Crippen molar-refractivity contribution in [2.75, 3.05) is 0 Å². The van der Waals surface area contributed by atoms with Crippen molar-refractivity contribution >= 4 is 12.3 Å². The van der Waals surface area contributed by atoms with Gasteiger partial charge in [-0.1, -0.05) is 60.1 Å². The molecule has 128 valence electrons. The standard InChI is InChI=1S/C24H14O3/c25-17-22-15-20(13-11-18-7-3-1-4-8-18)21(16-23(22)24(26)27)14-12-19-9-5-2-6-10-19/h1-10,15-17H,(H,26,27). The summed E-state index contributed by atoms with van der Waals surface area (Å²) in [6, 6.07) is 21.6. The monoisotopic (exact) mass is 350 g/mol. The van der Waals surface area contributed by atoms with Crippen LogP contribution < -0.4 is 0 Å². The highest BCUT2D eigenvalue weighted by atomic mass is 16.4. The van der Waals surface area contributed by atoms with Gasteiger partial charge in [-0.25, -0.2) is 4.79 Å². The van der Waals surface area contributed by atoms with Crippen LogP contribution in [0.1, 0.15) is 43.0 Å². The molecule has 0 radical (unpaired) electrons. The Kier molecular flexibility index (Phi) is 5.48. The molecule has 3 nitrogen and oxygen atoms in total. The predicted molar refractivity (Wildman–Crippen MR) is 104 cm³/mol. The van der Waals surface area contributed by atoms with Gasteiger partial charge in [-0.3, -0.25) is 4.79 Å². The number of aromatic carboxylic acids is 1. The molecule has 0 aliphatic carbocycles. The zero-order valence-corrected chi connectivity index (χ0v) is 14.3. The lowest BCUT2D eigenvalue weighted by molar-refractivity contribution is 0.0694. The molecule has 27 heavy (non-hydrogen) atoms. The quantitative estimate of drug-likeness (QED) is 0.561. The molecule has 0 aromatic heterocycles. The Bertz CT molecular complexity index is 1110. The van der Waals surface area contributed by atoms with Crippen LogP contribution in [-0.4, -0.2) is 17.4 Å². The molecule has 0 saturated carbocycles.